The van der Waals surface area contributed by atoms with Crippen LogP contribution in [0.2, 0.25) is 5.02 Å². The van der Waals surface area contributed by atoms with E-state index in [1.807, 2.05) is 0 Å². The minimum Gasteiger partial charge on any atom is -0.455 e. The van der Waals surface area contributed by atoms with Crippen molar-refractivity contribution in [1.82, 2.24) is 0 Å². The van der Waals surface area contributed by atoms with Gasteiger partial charge in [0.2, 0.25) is 0 Å². The van der Waals surface area contributed by atoms with Gasteiger partial charge in [-0.25, -0.2) is 0 Å². The average molecular weight is 371 g/mol. The third-order valence-electron chi connectivity index (χ3n) is 2.67. The van der Waals surface area contributed by atoms with Crippen LogP contribution in [0.4, 0.5) is 5.69 Å². The van der Waals surface area contributed by atoms with Crippen LogP contribution in [-0.2, 0) is 0 Å². The SMILES string of the molecule is CC(=O)c1cc([N+](=O)[O-])ccc1Oc1ccc(Br)cc1Cl. The first-order valence-corrected chi connectivity index (χ1v) is 6.98. The maximum absolute atomic E-state index is 11.6. The fourth-order valence-electron chi connectivity index (χ4n) is 1.67. The molecule has 0 radical (unpaired) electrons. The van der Waals surface area contributed by atoms with Gasteiger partial charge in [0, 0.05) is 16.6 Å². The quantitative estimate of drug-likeness (QED) is 0.431. The zero-order valence-electron chi connectivity index (χ0n) is 10.8. The van der Waals surface area contributed by atoms with Crippen LogP contribution in [0.3, 0.4) is 0 Å². The van der Waals surface area contributed by atoms with E-state index in [1.54, 1.807) is 18.2 Å². The van der Waals surface area contributed by atoms with Crippen molar-refractivity contribution < 1.29 is 14.5 Å². The molecule has 7 heteroatoms. The highest BCUT2D eigenvalue weighted by Crippen LogP contribution is 2.34. The summed E-state index contributed by atoms with van der Waals surface area (Å²) in [6.45, 7) is 1.31. The van der Waals surface area contributed by atoms with Gasteiger partial charge in [0.15, 0.2) is 5.78 Å². The average Bonchev–Trinajstić information content (AvgIpc) is 2.41. The molecule has 0 saturated heterocycles. The van der Waals surface area contributed by atoms with Gasteiger partial charge >= 0.3 is 0 Å². The van der Waals surface area contributed by atoms with E-state index in [-0.39, 0.29) is 22.8 Å². The molecule has 0 atom stereocenters. The maximum atomic E-state index is 11.6. The predicted molar refractivity (Wildman–Crippen MR) is 82.3 cm³/mol. The van der Waals surface area contributed by atoms with Crippen molar-refractivity contribution in [1.29, 1.82) is 0 Å². The summed E-state index contributed by atoms with van der Waals surface area (Å²) in [6.07, 6.45) is 0. The summed E-state index contributed by atoms with van der Waals surface area (Å²) in [5, 5.41) is 11.1. The molecule has 5 nitrogen and oxygen atoms in total. The Hall–Kier alpha value is -1.92. The van der Waals surface area contributed by atoms with Gasteiger partial charge in [-0.3, -0.25) is 14.9 Å². The van der Waals surface area contributed by atoms with E-state index in [4.69, 9.17) is 16.3 Å². The molecule has 2 aromatic rings. The topological polar surface area (TPSA) is 69.4 Å². The molecular formula is C14H9BrClNO4. The van der Waals surface area contributed by atoms with Crippen molar-refractivity contribution in [2.45, 2.75) is 6.92 Å². The number of non-ortho nitro benzene ring substituents is 1. The van der Waals surface area contributed by atoms with Crippen molar-refractivity contribution in [2.24, 2.45) is 0 Å². The van der Waals surface area contributed by atoms with Crippen molar-refractivity contribution in [3.63, 3.8) is 0 Å². The van der Waals surface area contributed by atoms with Gasteiger partial charge < -0.3 is 4.74 Å². The summed E-state index contributed by atoms with van der Waals surface area (Å²) < 4.78 is 6.38. The number of hydrogen-bond donors (Lipinski definition) is 0. The molecule has 0 unspecified atom stereocenters. The van der Waals surface area contributed by atoms with Crippen molar-refractivity contribution in [2.75, 3.05) is 0 Å². The summed E-state index contributed by atoms with van der Waals surface area (Å²) in [5.41, 5.74) is -0.0439. The van der Waals surface area contributed by atoms with Crippen LogP contribution in [-0.4, -0.2) is 10.7 Å². The lowest BCUT2D eigenvalue weighted by Crippen LogP contribution is -1.99. The second-order valence-corrected chi connectivity index (χ2v) is 5.49. The molecular weight excluding hydrogens is 362 g/mol. The number of nitro benzene ring substituents is 1. The summed E-state index contributed by atoms with van der Waals surface area (Å²) >= 11 is 9.32. The molecule has 2 aromatic carbocycles. The first-order valence-electron chi connectivity index (χ1n) is 5.81. The van der Waals surface area contributed by atoms with Crippen LogP contribution in [0.1, 0.15) is 17.3 Å². The van der Waals surface area contributed by atoms with Crippen LogP contribution in [0.5, 0.6) is 11.5 Å². The second-order valence-electron chi connectivity index (χ2n) is 4.17. The van der Waals surface area contributed by atoms with Gasteiger partial charge in [0.1, 0.15) is 11.5 Å². The van der Waals surface area contributed by atoms with Gasteiger partial charge in [0.05, 0.1) is 15.5 Å². The minimum absolute atomic E-state index is 0.128. The molecule has 0 saturated carbocycles. The van der Waals surface area contributed by atoms with Crippen molar-refractivity contribution in [3.05, 3.63) is 61.6 Å². The molecule has 0 fully saturated rings. The number of ketones is 1. The third-order valence-corrected chi connectivity index (χ3v) is 3.46. The summed E-state index contributed by atoms with van der Waals surface area (Å²) in [6, 6.07) is 8.86. The van der Waals surface area contributed by atoms with Crippen LogP contribution >= 0.6 is 27.5 Å². The fourth-order valence-corrected chi connectivity index (χ4v) is 2.38. The number of rotatable bonds is 4. The number of carbonyl (C=O) groups is 1. The molecule has 0 aliphatic rings. The highest BCUT2D eigenvalue weighted by molar-refractivity contribution is 9.10. The molecule has 0 aliphatic carbocycles. The van der Waals surface area contributed by atoms with E-state index in [0.29, 0.717) is 10.8 Å². The Morgan fingerprint density at radius 3 is 2.48 bits per heavy atom. The molecule has 0 aromatic heterocycles. The van der Waals surface area contributed by atoms with E-state index < -0.39 is 4.92 Å². The summed E-state index contributed by atoms with van der Waals surface area (Å²) in [7, 11) is 0. The van der Waals surface area contributed by atoms with Gasteiger partial charge in [-0.05, 0) is 31.2 Å². The smallest absolute Gasteiger partial charge is 0.270 e. The van der Waals surface area contributed by atoms with E-state index in [0.717, 1.165) is 4.47 Å². The van der Waals surface area contributed by atoms with Gasteiger partial charge in [-0.2, -0.15) is 0 Å². The lowest BCUT2D eigenvalue weighted by atomic mass is 10.1. The monoisotopic (exact) mass is 369 g/mol. The Bertz CT molecular complexity index is 733. The Morgan fingerprint density at radius 2 is 1.90 bits per heavy atom. The highest BCUT2D eigenvalue weighted by atomic mass is 79.9. The molecule has 0 N–H and O–H groups in total. The normalized spacial score (nSPS) is 10.2. The Kier molecular flexibility index (Phi) is 4.59. The number of Topliss-reactive ketones (excluding diaryl/α,β-unsaturated/α-hetero) is 1. The van der Waals surface area contributed by atoms with Crippen molar-refractivity contribution in [3.8, 4) is 11.5 Å². The lowest BCUT2D eigenvalue weighted by Gasteiger charge is -2.10. The van der Waals surface area contributed by atoms with E-state index in [9.17, 15) is 14.9 Å². The number of halogens is 2. The molecule has 0 aliphatic heterocycles. The Morgan fingerprint density at radius 1 is 1.24 bits per heavy atom. The second kappa shape index (κ2) is 6.24. The first kappa shape index (κ1) is 15.5. The maximum Gasteiger partial charge on any atom is 0.270 e. The van der Waals surface area contributed by atoms with Crippen molar-refractivity contribution >= 4 is 39.0 Å². The zero-order valence-corrected chi connectivity index (χ0v) is 13.1. The van der Waals surface area contributed by atoms with Crippen LogP contribution < -0.4 is 4.74 Å². The van der Waals surface area contributed by atoms with E-state index in [2.05, 4.69) is 15.9 Å². The number of hydrogen-bond acceptors (Lipinski definition) is 4. The molecule has 0 spiro atoms. The molecule has 0 amide bonds. The number of ether oxygens (including phenoxy) is 1. The Balaban J connectivity index is 2.44. The van der Waals surface area contributed by atoms with Gasteiger partial charge in [-0.15, -0.1) is 0 Å². The summed E-state index contributed by atoms with van der Waals surface area (Å²) in [4.78, 5) is 21.8. The minimum atomic E-state index is -0.567. The predicted octanol–water partition coefficient (Wildman–Crippen LogP) is 5.01. The molecule has 0 bridgehead atoms. The Labute approximate surface area is 133 Å². The zero-order chi connectivity index (χ0) is 15.6. The van der Waals surface area contributed by atoms with Crippen LogP contribution in [0.25, 0.3) is 0 Å². The van der Waals surface area contributed by atoms with Crippen LogP contribution in [0.15, 0.2) is 40.9 Å². The van der Waals surface area contributed by atoms with Gasteiger partial charge in [0.25, 0.3) is 5.69 Å². The van der Waals surface area contributed by atoms with Gasteiger partial charge in [-0.1, -0.05) is 27.5 Å². The van der Waals surface area contributed by atoms with E-state index in [1.165, 1.54) is 25.1 Å². The summed E-state index contributed by atoms with van der Waals surface area (Å²) in [5.74, 6) is 0.246. The highest BCUT2D eigenvalue weighted by Gasteiger charge is 2.16. The molecule has 2 rings (SSSR count). The first-order chi connectivity index (χ1) is 9.88. The number of benzene rings is 2. The fraction of sp³-hybridized carbons (Fsp3) is 0.0714. The number of carbonyl (C=O) groups excluding carboxylic acids is 1. The lowest BCUT2D eigenvalue weighted by molar-refractivity contribution is -0.384. The van der Waals surface area contributed by atoms with E-state index >= 15 is 0 Å². The molecule has 108 valence electrons. The number of nitro groups is 1. The van der Waals surface area contributed by atoms with Crippen LogP contribution in [0, 0.1) is 10.1 Å². The molecule has 0 heterocycles. The third kappa shape index (κ3) is 3.59. The largest absolute Gasteiger partial charge is 0.455 e. The number of nitrogens with zero attached hydrogens (tertiary/aromatic N) is 1. The molecule has 21 heavy (non-hydrogen) atoms. The standard InChI is InChI=1S/C14H9BrClNO4/c1-8(18)11-7-10(17(19)20)3-5-13(11)21-14-4-2-9(15)6-12(14)16/h2-7H,1H3.